The van der Waals surface area contributed by atoms with Crippen molar-refractivity contribution in [1.29, 1.82) is 0 Å². The topological polar surface area (TPSA) is 97.8 Å². The van der Waals surface area contributed by atoms with Gasteiger partial charge in [0.15, 0.2) is 6.61 Å². The number of nitrogens with zero attached hydrogens (tertiary/aromatic N) is 2. The maximum absolute atomic E-state index is 12.9. The number of aryl methyl sites for hydroxylation is 1. The number of carbonyl (C=O) groups is 3. The number of pyridine rings is 1. The summed E-state index contributed by atoms with van der Waals surface area (Å²) in [5.74, 6) is -1.04. The second-order valence-electron chi connectivity index (χ2n) is 7.89. The summed E-state index contributed by atoms with van der Waals surface area (Å²) in [6.45, 7) is 2.97. The van der Waals surface area contributed by atoms with Crippen molar-refractivity contribution < 1.29 is 23.9 Å². The van der Waals surface area contributed by atoms with Crippen LogP contribution in [0.4, 0.5) is 11.5 Å². The van der Waals surface area contributed by atoms with Crippen LogP contribution in [0.15, 0.2) is 48.5 Å². The van der Waals surface area contributed by atoms with Gasteiger partial charge in [-0.2, -0.15) is 0 Å². The van der Waals surface area contributed by atoms with E-state index in [9.17, 15) is 14.4 Å². The largest absolute Gasteiger partial charge is 0.465 e. The lowest BCUT2D eigenvalue weighted by Crippen LogP contribution is -2.25. The minimum absolute atomic E-state index is 0.313. The van der Waals surface area contributed by atoms with Crippen molar-refractivity contribution in [2.75, 3.05) is 37.0 Å². The number of para-hydroxylation sites is 1. The van der Waals surface area contributed by atoms with Gasteiger partial charge in [-0.3, -0.25) is 4.79 Å². The number of anilines is 2. The molecule has 0 unspecified atom stereocenters. The van der Waals surface area contributed by atoms with Gasteiger partial charge < -0.3 is 19.7 Å². The van der Waals surface area contributed by atoms with E-state index in [0.29, 0.717) is 22.6 Å². The molecule has 0 saturated carbocycles. The molecule has 8 heteroatoms. The summed E-state index contributed by atoms with van der Waals surface area (Å²) >= 11 is 0. The van der Waals surface area contributed by atoms with Crippen LogP contribution >= 0.6 is 0 Å². The zero-order valence-electron chi connectivity index (χ0n) is 18.6. The zero-order chi connectivity index (χ0) is 23.4. The van der Waals surface area contributed by atoms with E-state index in [-0.39, 0.29) is 0 Å². The second kappa shape index (κ2) is 9.68. The number of carbonyl (C=O) groups excluding carboxylic acids is 3. The highest BCUT2D eigenvalue weighted by atomic mass is 16.5. The molecule has 170 valence electrons. The number of rotatable bonds is 6. The molecule has 2 aromatic carbocycles. The van der Waals surface area contributed by atoms with Crippen LogP contribution in [0.2, 0.25) is 0 Å². The van der Waals surface area contributed by atoms with Gasteiger partial charge in [0.2, 0.25) is 0 Å². The highest BCUT2D eigenvalue weighted by Crippen LogP contribution is 2.27. The summed E-state index contributed by atoms with van der Waals surface area (Å²) in [7, 11) is 1.29. The molecule has 0 spiro atoms. The van der Waals surface area contributed by atoms with E-state index in [1.807, 2.05) is 24.3 Å². The predicted molar refractivity (Wildman–Crippen MR) is 125 cm³/mol. The Morgan fingerprint density at radius 2 is 1.79 bits per heavy atom. The Hall–Kier alpha value is -3.94. The molecule has 3 aromatic rings. The molecule has 1 fully saturated rings. The van der Waals surface area contributed by atoms with Gasteiger partial charge in [0.25, 0.3) is 5.91 Å². The number of methoxy groups -OCH3 is 1. The van der Waals surface area contributed by atoms with E-state index >= 15 is 0 Å². The molecule has 0 atom stereocenters. The van der Waals surface area contributed by atoms with Gasteiger partial charge in [0.05, 0.1) is 18.2 Å². The Kier molecular flexibility index (Phi) is 6.53. The minimum Gasteiger partial charge on any atom is -0.465 e. The molecule has 0 aliphatic carbocycles. The second-order valence-corrected chi connectivity index (χ2v) is 7.89. The van der Waals surface area contributed by atoms with Crippen molar-refractivity contribution in [2.24, 2.45) is 0 Å². The molecular formula is C25H25N3O5. The van der Waals surface area contributed by atoms with E-state index in [2.05, 4.69) is 10.2 Å². The van der Waals surface area contributed by atoms with Gasteiger partial charge in [0, 0.05) is 24.2 Å². The molecule has 1 aliphatic heterocycles. The molecule has 33 heavy (non-hydrogen) atoms. The van der Waals surface area contributed by atoms with Crippen LogP contribution in [-0.2, 0) is 14.3 Å². The third kappa shape index (κ3) is 4.95. The van der Waals surface area contributed by atoms with E-state index in [0.717, 1.165) is 42.4 Å². The SMILES string of the molecule is COC(=O)c1ccc(C)c(NC(=O)COC(=O)c2cc3ccccc3nc2N2CCCC2)c1. The van der Waals surface area contributed by atoms with E-state index in [4.69, 9.17) is 14.5 Å². The van der Waals surface area contributed by atoms with Crippen LogP contribution in [0.1, 0.15) is 39.1 Å². The molecule has 1 aliphatic rings. The van der Waals surface area contributed by atoms with Crippen LogP contribution in [0.3, 0.4) is 0 Å². The first-order valence-electron chi connectivity index (χ1n) is 10.8. The third-order valence-corrected chi connectivity index (χ3v) is 5.60. The summed E-state index contributed by atoms with van der Waals surface area (Å²) in [6, 6.07) is 14.2. The van der Waals surface area contributed by atoms with Crippen molar-refractivity contribution in [3.8, 4) is 0 Å². The molecular weight excluding hydrogens is 422 g/mol. The van der Waals surface area contributed by atoms with Crippen molar-refractivity contribution in [1.82, 2.24) is 4.98 Å². The van der Waals surface area contributed by atoms with Gasteiger partial charge in [-0.15, -0.1) is 0 Å². The summed E-state index contributed by atoms with van der Waals surface area (Å²) < 4.78 is 10.1. The quantitative estimate of drug-likeness (QED) is 0.575. The van der Waals surface area contributed by atoms with Gasteiger partial charge in [-0.1, -0.05) is 24.3 Å². The predicted octanol–water partition coefficient (Wildman–Crippen LogP) is 3.73. The summed E-state index contributed by atoms with van der Waals surface area (Å²) in [5, 5.41) is 3.51. The Bertz CT molecular complexity index is 1220. The number of hydrogen-bond donors (Lipinski definition) is 1. The Labute approximate surface area is 191 Å². The highest BCUT2D eigenvalue weighted by molar-refractivity contribution is 6.01. The highest BCUT2D eigenvalue weighted by Gasteiger charge is 2.23. The summed E-state index contributed by atoms with van der Waals surface area (Å²) in [5.41, 5.74) is 2.66. The number of amides is 1. The summed E-state index contributed by atoms with van der Waals surface area (Å²) in [6.07, 6.45) is 2.07. The molecule has 0 radical (unpaired) electrons. The summed E-state index contributed by atoms with van der Waals surface area (Å²) in [4.78, 5) is 43.9. The van der Waals surface area contributed by atoms with Crippen LogP contribution in [-0.4, -0.2) is 49.6 Å². The lowest BCUT2D eigenvalue weighted by atomic mass is 10.1. The van der Waals surface area contributed by atoms with Crippen molar-refractivity contribution >= 4 is 40.3 Å². The molecule has 4 rings (SSSR count). The molecule has 1 amide bonds. The Morgan fingerprint density at radius 1 is 1.03 bits per heavy atom. The molecule has 2 heterocycles. The van der Waals surface area contributed by atoms with E-state index in [1.54, 1.807) is 25.1 Å². The normalized spacial score (nSPS) is 13.1. The first-order chi connectivity index (χ1) is 16.0. The molecule has 1 N–H and O–H groups in total. The molecule has 8 nitrogen and oxygen atoms in total. The van der Waals surface area contributed by atoms with Crippen molar-refractivity contribution in [3.63, 3.8) is 0 Å². The zero-order valence-corrected chi connectivity index (χ0v) is 18.6. The lowest BCUT2D eigenvalue weighted by Gasteiger charge is -2.20. The number of esters is 2. The average molecular weight is 447 g/mol. The number of ether oxygens (including phenoxy) is 2. The molecule has 1 aromatic heterocycles. The standard InChI is InChI=1S/C25H25N3O5/c1-16-9-10-18(24(30)32-2)14-21(16)26-22(29)15-33-25(31)19-13-17-7-3-4-8-20(17)27-23(19)28-11-5-6-12-28/h3-4,7-10,13-14H,5-6,11-12,15H2,1-2H3,(H,26,29). The Balaban J connectivity index is 1.49. The van der Waals surface area contributed by atoms with Crippen LogP contribution in [0, 0.1) is 6.92 Å². The van der Waals surface area contributed by atoms with Crippen molar-refractivity contribution in [2.45, 2.75) is 19.8 Å². The van der Waals surface area contributed by atoms with Crippen molar-refractivity contribution in [3.05, 3.63) is 65.2 Å². The van der Waals surface area contributed by atoms with Crippen LogP contribution < -0.4 is 10.2 Å². The minimum atomic E-state index is -0.606. The van der Waals surface area contributed by atoms with Gasteiger partial charge in [-0.05, 0) is 49.6 Å². The fourth-order valence-electron chi connectivity index (χ4n) is 3.82. The maximum atomic E-state index is 12.9. The average Bonchev–Trinajstić information content (AvgIpc) is 3.37. The lowest BCUT2D eigenvalue weighted by molar-refractivity contribution is -0.119. The Morgan fingerprint density at radius 3 is 2.55 bits per heavy atom. The first kappa shape index (κ1) is 22.3. The number of hydrogen-bond acceptors (Lipinski definition) is 7. The third-order valence-electron chi connectivity index (χ3n) is 5.60. The fourth-order valence-corrected chi connectivity index (χ4v) is 3.82. The molecule has 1 saturated heterocycles. The number of benzene rings is 2. The number of nitrogens with one attached hydrogen (secondary N) is 1. The van der Waals surface area contributed by atoms with Gasteiger partial charge in [0.1, 0.15) is 11.4 Å². The van der Waals surface area contributed by atoms with Gasteiger partial charge in [-0.25, -0.2) is 14.6 Å². The molecule has 0 bridgehead atoms. The number of aromatic nitrogens is 1. The maximum Gasteiger partial charge on any atom is 0.342 e. The van der Waals surface area contributed by atoms with Gasteiger partial charge >= 0.3 is 11.9 Å². The van der Waals surface area contributed by atoms with E-state index in [1.165, 1.54) is 13.2 Å². The van der Waals surface area contributed by atoms with E-state index < -0.39 is 24.5 Å². The van der Waals surface area contributed by atoms with Crippen LogP contribution in [0.5, 0.6) is 0 Å². The smallest absolute Gasteiger partial charge is 0.342 e. The number of fused-ring (bicyclic) bond motifs is 1. The monoisotopic (exact) mass is 447 g/mol. The fraction of sp³-hybridized carbons (Fsp3) is 0.280. The first-order valence-corrected chi connectivity index (χ1v) is 10.8. The van der Waals surface area contributed by atoms with Crippen LogP contribution in [0.25, 0.3) is 10.9 Å².